The van der Waals surface area contributed by atoms with Gasteiger partial charge in [0.2, 0.25) is 0 Å². The van der Waals surface area contributed by atoms with Crippen LogP contribution in [0.25, 0.3) is 21.3 Å². The molecule has 205 valence electrons. The number of rotatable bonds is 1. The van der Waals surface area contributed by atoms with Crippen LogP contribution in [0.2, 0.25) is 0 Å². The third-order valence-corrected chi connectivity index (χ3v) is 8.44. The van der Waals surface area contributed by atoms with E-state index in [1.54, 1.807) is 0 Å². The van der Waals surface area contributed by atoms with Crippen LogP contribution >= 0.6 is 20.2 Å². The fraction of sp³-hybridized carbons (Fsp3) is 0.821. The molecule has 4 aliphatic rings. The number of fused-ring (bicyclic) bond motifs is 4. The molecule has 2 bridgehead atoms. The fourth-order valence-corrected chi connectivity index (χ4v) is 6.59. The van der Waals surface area contributed by atoms with Crippen molar-refractivity contribution in [2.24, 2.45) is 0 Å². The van der Waals surface area contributed by atoms with Gasteiger partial charge in [-0.15, -0.1) is 13.1 Å². The van der Waals surface area contributed by atoms with Crippen molar-refractivity contribution >= 4 is 20.2 Å². The van der Waals surface area contributed by atoms with E-state index in [1.165, 1.54) is 89.0 Å². The topological polar surface area (TPSA) is 69.3 Å². The SMILES string of the molecule is C[C@@H]1C[N-][C@@H]2CCCC[C@H]2[N-]Cc2cc(C3CCCCC3)cc(n2)C[N-][C@@H]2CCCCC2[N-]1.[Cl][Mn][Cl]. The number of halogens is 2. The Labute approximate surface area is 234 Å². The Balaban J connectivity index is 0.000000967. The first-order chi connectivity index (χ1) is 17.7. The van der Waals surface area contributed by atoms with Gasteiger partial charge in [0.15, 0.2) is 0 Å². The monoisotopic (exact) mass is 574 g/mol. The molecule has 5 atom stereocenters. The third-order valence-electron chi connectivity index (χ3n) is 8.44. The van der Waals surface area contributed by atoms with Crippen molar-refractivity contribution in [1.82, 2.24) is 4.98 Å². The van der Waals surface area contributed by atoms with E-state index in [4.69, 9.17) is 46.4 Å². The van der Waals surface area contributed by atoms with E-state index in [0.29, 0.717) is 30.1 Å². The molecule has 0 amide bonds. The van der Waals surface area contributed by atoms with Crippen molar-refractivity contribution in [1.29, 1.82) is 0 Å². The molecule has 1 unspecified atom stereocenters. The molecule has 0 radical (unpaired) electrons. The van der Waals surface area contributed by atoms with Gasteiger partial charge in [0, 0.05) is 11.4 Å². The Bertz CT molecular complexity index is 778. The van der Waals surface area contributed by atoms with Gasteiger partial charge in [-0.05, 0) is 36.5 Å². The fourth-order valence-electron chi connectivity index (χ4n) is 6.59. The van der Waals surface area contributed by atoms with Crippen LogP contribution in [-0.2, 0) is 26.2 Å². The number of hydrogen-bond donors (Lipinski definition) is 0. The van der Waals surface area contributed by atoms with E-state index in [0.717, 1.165) is 31.0 Å². The molecule has 0 aromatic carbocycles. The number of pyridine rings is 1. The van der Waals surface area contributed by atoms with Crippen molar-refractivity contribution in [3.05, 3.63) is 50.4 Å². The molecule has 0 N–H and O–H groups in total. The normalized spacial score (nSPS) is 32.6. The van der Waals surface area contributed by atoms with E-state index >= 15 is 0 Å². The minimum absolute atomic E-state index is 0.00694. The third kappa shape index (κ3) is 8.81. The second kappa shape index (κ2) is 15.6. The zero-order valence-corrected chi connectivity index (χ0v) is 24.5. The van der Waals surface area contributed by atoms with Crippen molar-refractivity contribution in [3.63, 3.8) is 0 Å². The summed E-state index contributed by atoms with van der Waals surface area (Å²) in [6.45, 7) is 4.56. The van der Waals surface area contributed by atoms with Crippen molar-refractivity contribution in [3.8, 4) is 0 Å². The predicted molar refractivity (Wildman–Crippen MR) is 149 cm³/mol. The van der Waals surface area contributed by atoms with Crippen molar-refractivity contribution in [2.75, 3.05) is 6.54 Å². The van der Waals surface area contributed by atoms with Crippen molar-refractivity contribution < 1.29 is 13.1 Å². The molecule has 3 aliphatic carbocycles. The summed E-state index contributed by atoms with van der Waals surface area (Å²) in [5.41, 5.74) is 3.80. The maximum atomic E-state index is 5.23. The molecule has 1 aromatic heterocycles. The second-order valence-electron chi connectivity index (χ2n) is 11.2. The van der Waals surface area contributed by atoms with Gasteiger partial charge in [-0.25, -0.2) is 0 Å². The van der Waals surface area contributed by atoms with Gasteiger partial charge >= 0.3 is 33.3 Å². The summed E-state index contributed by atoms with van der Waals surface area (Å²) < 4.78 is 0. The average Bonchev–Trinajstić information content (AvgIpc) is 2.91. The van der Waals surface area contributed by atoms with Crippen LogP contribution in [0.1, 0.15) is 113 Å². The molecule has 3 saturated carbocycles. The number of hydrogen-bond acceptors (Lipinski definition) is 1. The minimum atomic E-state index is 0.00694. The van der Waals surface area contributed by atoms with E-state index in [9.17, 15) is 0 Å². The van der Waals surface area contributed by atoms with Gasteiger partial charge < -0.3 is 21.3 Å². The summed E-state index contributed by atoms with van der Waals surface area (Å²) >= 11 is 0.00694. The van der Waals surface area contributed by atoms with Crippen LogP contribution in [0.15, 0.2) is 12.1 Å². The summed E-state index contributed by atoms with van der Waals surface area (Å²) in [5, 5.41) is 20.8. The van der Waals surface area contributed by atoms with Gasteiger partial charge in [0.1, 0.15) is 0 Å². The summed E-state index contributed by atoms with van der Waals surface area (Å²) in [6, 6.07) is 6.47. The van der Waals surface area contributed by atoms with E-state index in [1.807, 2.05) is 0 Å². The molecule has 5 rings (SSSR count). The summed E-state index contributed by atoms with van der Waals surface area (Å²) in [7, 11) is 9.59. The summed E-state index contributed by atoms with van der Waals surface area (Å²) in [5.74, 6) is 0.692. The molecule has 0 saturated heterocycles. The van der Waals surface area contributed by atoms with Crippen LogP contribution in [0.3, 0.4) is 0 Å². The predicted octanol–water partition coefficient (Wildman–Crippen LogP) is 9.03. The summed E-state index contributed by atoms with van der Waals surface area (Å²) in [6.07, 6.45) is 16.6. The molecule has 36 heavy (non-hydrogen) atoms. The Morgan fingerprint density at radius 3 is 1.75 bits per heavy atom. The molecular formula is C28H43Cl2MnN5-4. The first-order valence-corrected chi connectivity index (χ1v) is 17.5. The summed E-state index contributed by atoms with van der Waals surface area (Å²) in [4.78, 5) is 5.08. The molecule has 1 aromatic rings. The Hall–Kier alpha value is 0.0895. The first-order valence-electron chi connectivity index (χ1n) is 14.2. The standard InChI is InChI=1S/C28H43N5.2ClH.Mn/c1-20-17-29-25-11-5-6-12-26(25)30-18-23-15-22(21-9-3-2-4-10-21)16-24(33-23)19-31-27-13-7-8-14-28(27)32-20;;;/h15-16,20-21,25-28H,2-14,17-19H2,1H3;2*1H;/q-4;;;+2/p-2/t20-,25-,26-,27-,28?;;;/m1.../s1. The van der Waals surface area contributed by atoms with Crippen LogP contribution in [-0.4, -0.2) is 41.7 Å². The van der Waals surface area contributed by atoms with Crippen LogP contribution in [0.4, 0.5) is 0 Å². The number of nitrogens with zero attached hydrogens (tertiary/aromatic N) is 5. The van der Waals surface area contributed by atoms with Gasteiger partial charge in [-0.2, -0.15) is 36.8 Å². The van der Waals surface area contributed by atoms with Gasteiger partial charge in [-0.3, -0.25) is 4.98 Å². The van der Waals surface area contributed by atoms with E-state index in [2.05, 4.69) is 19.1 Å². The second-order valence-corrected chi connectivity index (χ2v) is 13.1. The van der Waals surface area contributed by atoms with E-state index < -0.39 is 0 Å². The molecule has 1 aliphatic heterocycles. The van der Waals surface area contributed by atoms with Crippen LogP contribution in [0, 0.1) is 0 Å². The van der Waals surface area contributed by atoms with Gasteiger partial charge in [0.25, 0.3) is 0 Å². The molecule has 0 spiro atoms. The molecular weight excluding hydrogens is 532 g/mol. The van der Waals surface area contributed by atoms with E-state index in [-0.39, 0.29) is 19.2 Å². The zero-order chi connectivity index (χ0) is 25.2. The molecule has 2 heterocycles. The Kier molecular flexibility index (Phi) is 12.6. The zero-order valence-electron chi connectivity index (χ0n) is 21.8. The average molecular weight is 576 g/mol. The Morgan fingerprint density at radius 2 is 1.17 bits per heavy atom. The molecule has 8 heteroatoms. The van der Waals surface area contributed by atoms with Crippen molar-refractivity contribution in [2.45, 2.75) is 140 Å². The Morgan fingerprint density at radius 1 is 0.694 bits per heavy atom. The van der Waals surface area contributed by atoms with Crippen LogP contribution in [0.5, 0.6) is 0 Å². The molecule has 5 nitrogen and oxygen atoms in total. The first kappa shape index (κ1) is 29.1. The van der Waals surface area contributed by atoms with Crippen LogP contribution < -0.4 is 0 Å². The van der Waals surface area contributed by atoms with Gasteiger partial charge in [0.05, 0.1) is 0 Å². The quantitative estimate of drug-likeness (QED) is 0.308. The number of aromatic nitrogens is 1. The maximum absolute atomic E-state index is 5.23. The van der Waals surface area contributed by atoms with Gasteiger partial charge in [-0.1, -0.05) is 77.6 Å². The molecule has 3 fully saturated rings.